The van der Waals surface area contributed by atoms with Gasteiger partial charge >= 0.3 is 12.0 Å². The van der Waals surface area contributed by atoms with Crippen LogP contribution >= 0.6 is 11.3 Å². The number of esters is 1. The number of fused-ring (bicyclic) bond motifs is 1. The zero-order chi connectivity index (χ0) is 18.5. The summed E-state index contributed by atoms with van der Waals surface area (Å²) in [7, 11) is 0. The van der Waals surface area contributed by atoms with Crippen LogP contribution in [-0.2, 0) is 17.6 Å². The Kier molecular flexibility index (Phi) is 5.62. The molecule has 1 aliphatic carbocycles. The predicted molar refractivity (Wildman–Crippen MR) is 98.4 cm³/mol. The normalized spacial score (nSPS) is 12.8. The molecule has 0 fully saturated rings. The van der Waals surface area contributed by atoms with E-state index in [2.05, 4.69) is 15.8 Å². The predicted octanol–water partition coefficient (Wildman–Crippen LogP) is 3.71. The van der Waals surface area contributed by atoms with E-state index >= 15 is 0 Å². The van der Waals surface area contributed by atoms with Gasteiger partial charge in [0.1, 0.15) is 10.8 Å². The molecular weight excluding hydrogens is 357 g/mol. The molecule has 1 heterocycles. The molecule has 1 aromatic heterocycles. The Hall–Kier alpha value is -2.74. The fourth-order valence-electron chi connectivity index (χ4n) is 2.76. The molecule has 3 rings (SSSR count). The summed E-state index contributed by atoms with van der Waals surface area (Å²) in [6.45, 7) is 2.02. The van der Waals surface area contributed by atoms with Crippen molar-refractivity contribution < 1.29 is 18.7 Å². The average Bonchev–Trinajstić information content (AvgIpc) is 3.17. The Balaban J connectivity index is 1.67. The molecule has 2 aromatic rings. The molecule has 0 saturated carbocycles. The van der Waals surface area contributed by atoms with E-state index in [4.69, 9.17) is 4.74 Å². The lowest BCUT2D eigenvalue weighted by Gasteiger charge is -2.07. The zero-order valence-corrected chi connectivity index (χ0v) is 15.0. The van der Waals surface area contributed by atoms with Crippen molar-refractivity contribution in [3.8, 4) is 0 Å². The van der Waals surface area contributed by atoms with Crippen LogP contribution in [0.25, 0.3) is 0 Å². The summed E-state index contributed by atoms with van der Waals surface area (Å²) in [5.41, 5.74) is 4.40. The maximum absolute atomic E-state index is 12.8. The van der Waals surface area contributed by atoms with Gasteiger partial charge in [-0.1, -0.05) is 12.1 Å². The average molecular weight is 375 g/mol. The van der Waals surface area contributed by atoms with E-state index in [9.17, 15) is 14.0 Å². The summed E-state index contributed by atoms with van der Waals surface area (Å²) in [6.07, 6.45) is 4.12. The molecule has 0 radical (unpaired) electrons. The van der Waals surface area contributed by atoms with E-state index in [1.165, 1.54) is 29.7 Å². The lowest BCUT2D eigenvalue weighted by atomic mass is 10.1. The molecule has 0 aliphatic heterocycles. The van der Waals surface area contributed by atoms with Gasteiger partial charge in [0.15, 0.2) is 0 Å². The fourth-order valence-corrected chi connectivity index (χ4v) is 4.03. The van der Waals surface area contributed by atoms with Crippen LogP contribution in [0.4, 0.5) is 14.2 Å². The van der Waals surface area contributed by atoms with Gasteiger partial charge in [0.2, 0.25) is 0 Å². The molecule has 1 aliphatic rings. The van der Waals surface area contributed by atoms with Gasteiger partial charge in [-0.25, -0.2) is 19.4 Å². The highest BCUT2D eigenvalue weighted by Gasteiger charge is 2.28. The van der Waals surface area contributed by atoms with Crippen LogP contribution in [0.5, 0.6) is 0 Å². The highest BCUT2D eigenvalue weighted by molar-refractivity contribution is 7.17. The number of nitrogens with zero attached hydrogens (tertiary/aromatic N) is 1. The van der Waals surface area contributed by atoms with Crippen LogP contribution in [0.2, 0.25) is 0 Å². The van der Waals surface area contributed by atoms with Crippen molar-refractivity contribution in [3.63, 3.8) is 0 Å². The lowest BCUT2D eigenvalue weighted by Crippen LogP contribution is -2.25. The molecule has 0 atom stereocenters. The van der Waals surface area contributed by atoms with E-state index < -0.39 is 12.0 Å². The van der Waals surface area contributed by atoms with Crippen molar-refractivity contribution in [2.24, 2.45) is 5.10 Å². The number of benzene rings is 1. The summed E-state index contributed by atoms with van der Waals surface area (Å²) < 4.78 is 18.0. The second kappa shape index (κ2) is 8.09. The van der Waals surface area contributed by atoms with E-state index in [-0.39, 0.29) is 12.4 Å². The van der Waals surface area contributed by atoms with Crippen LogP contribution in [-0.4, -0.2) is 24.8 Å². The van der Waals surface area contributed by atoms with Crippen molar-refractivity contribution in [2.45, 2.75) is 26.2 Å². The summed E-state index contributed by atoms with van der Waals surface area (Å²) in [6, 6.07) is 5.14. The number of hydrazone groups is 1. The van der Waals surface area contributed by atoms with Crippen LogP contribution in [0.1, 0.15) is 39.7 Å². The minimum atomic E-state index is -0.561. The zero-order valence-electron chi connectivity index (χ0n) is 14.2. The summed E-state index contributed by atoms with van der Waals surface area (Å²) >= 11 is 1.40. The highest BCUT2D eigenvalue weighted by Crippen LogP contribution is 2.39. The molecule has 0 unspecified atom stereocenters. The number of aryl methyl sites for hydroxylation is 1. The first-order valence-corrected chi connectivity index (χ1v) is 9.07. The third-order valence-electron chi connectivity index (χ3n) is 3.88. The van der Waals surface area contributed by atoms with E-state index in [1.807, 2.05) is 0 Å². The lowest BCUT2D eigenvalue weighted by molar-refractivity contribution is 0.0527. The molecule has 8 heteroatoms. The number of thiophene rings is 1. The molecule has 26 heavy (non-hydrogen) atoms. The number of anilines is 1. The van der Waals surface area contributed by atoms with Gasteiger partial charge < -0.3 is 4.74 Å². The first-order chi connectivity index (χ1) is 12.6. The second-order valence-corrected chi connectivity index (χ2v) is 6.76. The molecule has 0 saturated heterocycles. The van der Waals surface area contributed by atoms with Gasteiger partial charge in [0.25, 0.3) is 0 Å². The monoisotopic (exact) mass is 375 g/mol. The largest absolute Gasteiger partial charge is 0.462 e. The number of urea groups is 1. The molecule has 0 bridgehead atoms. The number of hydrogen-bond acceptors (Lipinski definition) is 5. The Morgan fingerprint density at radius 2 is 2.08 bits per heavy atom. The third-order valence-corrected chi connectivity index (χ3v) is 5.08. The van der Waals surface area contributed by atoms with Crippen molar-refractivity contribution in [1.29, 1.82) is 0 Å². The maximum Gasteiger partial charge on any atom is 0.341 e. The van der Waals surface area contributed by atoms with Crippen LogP contribution < -0.4 is 10.7 Å². The Morgan fingerprint density at radius 1 is 1.31 bits per heavy atom. The molecule has 2 N–H and O–H groups in total. The SMILES string of the molecule is CCOC(=O)c1c(NC(=O)N/N=C/c2ccc(F)cc2)sc2c1CCC2. The number of hydrogen-bond donors (Lipinski definition) is 2. The maximum atomic E-state index is 12.8. The number of ether oxygens (including phenoxy) is 1. The summed E-state index contributed by atoms with van der Waals surface area (Å²) in [5.74, 6) is -0.762. The van der Waals surface area contributed by atoms with E-state index in [1.54, 1.807) is 19.1 Å². The van der Waals surface area contributed by atoms with Gasteiger partial charge in [-0.15, -0.1) is 11.3 Å². The number of nitrogens with one attached hydrogen (secondary N) is 2. The molecule has 0 spiro atoms. The number of amides is 2. The van der Waals surface area contributed by atoms with E-state index in [0.29, 0.717) is 16.1 Å². The second-order valence-electron chi connectivity index (χ2n) is 5.66. The van der Waals surface area contributed by atoms with Crippen LogP contribution in [0.15, 0.2) is 29.4 Å². The highest BCUT2D eigenvalue weighted by atomic mass is 32.1. The Labute approximate surface area is 154 Å². The summed E-state index contributed by atoms with van der Waals surface area (Å²) in [5, 5.41) is 6.96. The fraction of sp³-hybridized carbons (Fsp3) is 0.278. The standard InChI is InChI=1S/C18H18FN3O3S/c1-2-25-17(23)15-13-4-3-5-14(13)26-16(15)21-18(24)22-20-10-11-6-8-12(19)9-7-11/h6-10H,2-5H2,1H3,(H2,21,22,24)/b20-10+. The van der Waals surface area contributed by atoms with Crippen LogP contribution in [0.3, 0.4) is 0 Å². The molecular formula is C18H18FN3O3S. The quantitative estimate of drug-likeness (QED) is 0.475. The van der Waals surface area contributed by atoms with Gasteiger partial charge in [-0.05, 0) is 49.4 Å². The van der Waals surface area contributed by atoms with Gasteiger partial charge in [0.05, 0.1) is 18.4 Å². The van der Waals surface area contributed by atoms with Crippen molar-refractivity contribution >= 4 is 34.6 Å². The van der Waals surface area contributed by atoms with E-state index in [0.717, 1.165) is 29.7 Å². The Morgan fingerprint density at radius 3 is 2.81 bits per heavy atom. The van der Waals surface area contributed by atoms with Crippen LogP contribution in [0, 0.1) is 5.82 Å². The summed E-state index contributed by atoms with van der Waals surface area (Å²) in [4.78, 5) is 25.4. The number of rotatable bonds is 5. The number of carbonyl (C=O) groups excluding carboxylic acids is 2. The van der Waals surface area contributed by atoms with Gasteiger partial charge in [-0.2, -0.15) is 5.10 Å². The molecule has 1 aromatic carbocycles. The Bertz CT molecular complexity index is 846. The topological polar surface area (TPSA) is 79.8 Å². The first-order valence-electron chi connectivity index (χ1n) is 8.25. The minimum Gasteiger partial charge on any atom is -0.462 e. The van der Waals surface area contributed by atoms with Crippen molar-refractivity contribution in [2.75, 3.05) is 11.9 Å². The number of carbonyl (C=O) groups is 2. The van der Waals surface area contributed by atoms with Gasteiger partial charge in [0, 0.05) is 4.88 Å². The van der Waals surface area contributed by atoms with Gasteiger partial charge in [-0.3, -0.25) is 5.32 Å². The number of halogens is 1. The smallest absolute Gasteiger partial charge is 0.341 e. The third kappa shape index (κ3) is 4.08. The molecule has 136 valence electrons. The van der Waals surface area contributed by atoms with Crippen molar-refractivity contribution in [1.82, 2.24) is 5.43 Å². The van der Waals surface area contributed by atoms with Crippen molar-refractivity contribution in [3.05, 3.63) is 51.7 Å². The first kappa shape index (κ1) is 18.1. The molecule has 6 nitrogen and oxygen atoms in total. The molecule has 2 amide bonds. The minimum absolute atomic E-state index is 0.275.